The lowest BCUT2D eigenvalue weighted by Crippen LogP contribution is -2.51. The van der Waals surface area contributed by atoms with E-state index in [9.17, 15) is 13.2 Å². The predicted octanol–water partition coefficient (Wildman–Crippen LogP) is 0.704. The fourth-order valence-corrected chi connectivity index (χ4v) is 5.17. The highest BCUT2D eigenvalue weighted by atomic mass is 32.2. The Labute approximate surface area is 155 Å². The van der Waals surface area contributed by atoms with E-state index >= 15 is 0 Å². The van der Waals surface area contributed by atoms with E-state index in [1.54, 1.807) is 23.1 Å². The number of hydrogen-bond donors (Lipinski definition) is 1. The Kier molecular flexibility index (Phi) is 5.96. The maximum atomic E-state index is 13.1. The molecule has 2 fully saturated rings. The molecule has 2 aliphatic rings. The summed E-state index contributed by atoms with van der Waals surface area (Å²) in [5, 5.41) is 3.31. The molecule has 1 N–H and O–H groups in total. The topological polar surface area (TPSA) is 79.0 Å². The Morgan fingerprint density at radius 2 is 2.00 bits per heavy atom. The zero-order chi connectivity index (χ0) is 18.7. The second-order valence-electron chi connectivity index (χ2n) is 6.80. The van der Waals surface area contributed by atoms with Gasteiger partial charge in [0.2, 0.25) is 10.0 Å². The Balaban J connectivity index is 1.92. The third-order valence-electron chi connectivity index (χ3n) is 4.94. The van der Waals surface area contributed by atoms with Gasteiger partial charge in [-0.05, 0) is 31.0 Å². The molecule has 2 saturated heterocycles. The minimum Gasteiger partial charge on any atom is -0.379 e. The number of rotatable bonds is 4. The van der Waals surface area contributed by atoms with Gasteiger partial charge in [-0.15, -0.1) is 0 Å². The van der Waals surface area contributed by atoms with E-state index in [4.69, 9.17) is 4.74 Å². The first kappa shape index (κ1) is 19.3. The van der Waals surface area contributed by atoms with Gasteiger partial charge in [0.25, 0.3) is 5.91 Å². The summed E-state index contributed by atoms with van der Waals surface area (Å²) in [5.41, 5.74) is 1.17. The Morgan fingerprint density at radius 1 is 1.27 bits per heavy atom. The van der Waals surface area contributed by atoms with Gasteiger partial charge in [0.15, 0.2) is 0 Å². The van der Waals surface area contributed by atoms with Crippen molar-refractivity contribution in [3.05, 3.63) is 29.3 Å². The molecule has 0 saturated carbocycles. The van der Waals surface area contributed by atoms with Crippen molar-refractivity contribution in [1.29, 1.82) is 0 Å². The fraction of sp³-hybridized carbons (Fsp3) is 0.611. The molecule has 2 heterocycles. The SMILES string of the molecule is CCc1ccc(C(=O)N2CCNC(C)C2)cc1S(=O)(=O)N1CCOCC1. The Hall–Kier alpha value is -1.48. The van der Waals surface area contributed by atoms with Gasteiger partial charge in [0.05, 0.1) is 18.1 Å². The monoisotopic (exact) mass is 381 g/mol. The third-order valence-corrected chi connectivity index (χ3v) is 6.92. The van der Waals surface area contributed by atoms with Gasteiger partial charge in [-0.3, -0.25) is 4.79 Å². The van der Waals surface area contributed by atoms with Crippen LogP contribution in [0.15, 0.2) is 23.1 Å². The number of hydrogen-bond acceptors (Lipinski definition) is 5. The van der Waals surface area contributed by atoms with Crippen LogP contribution in [0.1, 0.15) is 29.8 Å². The van der Waals surface area contributed by atoms with E-state index in [0.717, 1.165) is 12.1 Å². The number of aryl methyl sites for hydroxylation is 1. The standard InChI is InChI=1S/C18H27N3O4S/c1-3-15-4-5-16(18(22)20-7-6-19-14(2)13-20)12-17(15)26(23,24)21-8-10-25-11-9-21/h4-5,12,14,19H,3,6-11,13H2,1-2H3. The molecule has 1 unspecified atom stereocenters. The normalized spacial score (nSPS) is 22.4. The maximum Gasteiger partial charge on any atom is 0.253 e. The molecule has 1 atom stereocenters. The summed E-state index contributed by atoms with van der Waals surface area (Å²) in [6, 6.07) is 5.30. The van der Waals surface area contributed by atoms with E-state index < -0.39 is 10.0 Å². The summed E-state index contributed by atoms with van der Waals surface area (Å²) >= 11 is 0. The molecule has 2 aliphatic heterocycles. The van der Waals surface area contributed by atoms with Crippen LogP contribution < -0.4 is 5.32 Å². The average molecular weight is 381 g/mol. The van der Waals surface area contributed by atoms with Crippen molar-refractivity contribution < 1.29 is 17.9 Å². The molecule has 0 bridgehead atoms. The maximum absolute atomic E-state index is 13.1. The van der Waals surface area contributed by atoms with Crippen LogP contribution in [0.2, 0.25) is 0 Å². The minimum atomic E-state index is -3.63. The number of amides is 1. The largest absolute Gasteiger partial charge is 0.379 e. The number of benzene rings is 1. The average Bonchev–Trinajstić information content (AvgIpc) is 2.67. The minimum absolute atomic E-state index is 0.112. The molecule has 0 aliphatic carbocycles. The van der Waals surface area contributed by atoms with Crippen LogP contribution in [0.4, 0.5) is 0 Å². The van der Waals surface area contributed by atoms with E-state index in [1.165, 1.54) is 4.31 Å². The number of ether oxygens (including phenoxy) is 1. The van der Waals surface area contributed by atoms with Crippen LogP contribution in [-0.4, -0.2) is 75.5 Å². The molecular weight excluding hydrogens is 354 g/mol. The van der Waals surface area contributed by atoms with Crippen LogP contribution in [-0.2, 0) is 21.2 Å². The van der Waals surface area contributed by atoms with Crippen molar-refractivity contribution in [2.24, 2.45) is 0 Å². The number of morpholine rings is 1. The Bertz CT molecular complexity index is 760. The third kappa shape index (κ3) is 3.93. The van der Waals surface area contributed by atoms with E-state index in [-0.39, 0.29) is 16.8 Å². The molecule has 1 amide bonds. The predicted molar refractivity (Wildman–Crippen MR) is 98.8 cm³/mol. The zero-order valence-electron chi connectivity index (χ0n) is 15.4. The number of piperazine rings is 1. The van der Waals surface area contributed by atoms with Gasteiger partial charge >= 0.3 is 0 Å². The quantitative estimate of drug-likeness (QED) is 0.831. The number of nitrogens with zero attached hydrogens (tertiary/aromatic N) is 2. The van der Waals surface area contributed by atoms with Crippen molar-refractivity contribution in [2.45, 2.75) is 31.2 Å². The summed E-state index contributed by atoms with van der Waals surface area (Å²) < 4.78 is 32.9. The highest BCUT2D eigenvalue weighted by Crippen LogP contribution is 2.24. The summed E-state index contributed by atoms with van der Waals surface area (Å²) in [5.74, 6) is -0.112. The zero-order valence-corrected chi connectivity index (χ0v) is 16.2. The van der Waals surface area contributed by atoms with Crippen LogP contribution in [0, 0.1) is 0 Å². The molecule has 8 heteroatoms. The molecule has 0 aromatic heterocycles. The lowest BCUT2D eigenvalue weighted by atomic mass is 10.1. The van der Waals surface area contributed by atoms with Gasteiger partial charge in [0, 0.05) is 44.3 Å². The van der Waals surface area contributed by atoms with Crippen molar-refractivity contribution in [1.82, 2.24) is 14.5 Å². The molecule has 3 rings (SSSR count). The van der Waals surface area contributed by atoms with Crippen LogP contribution in [0.5, 0.6) is 0 Å². The Morgan fingerprint density at radius 3 is 2.65 bits per heavy atom. The first-order valence-corrected chi connectivity index (χ1v) is 10.6. The van der Waals surface area contributed by atoms with Crippen LogP contribution >= 0.6 is 0 Å². The van der Waals surface area contributed by atoms with Crippen molar-refractivity contribution >= 4 is 15.9 Å². The van der Waals surface area contributed by atoms with E-state index in [1.807, 2.05) is 13.8 Å². The summed E-state index contributed by atoms with van der Waals surface area (Å²) in [6.07, 6.45) is 0.595. The number of carbonyl (C=O) groups excluding carboxylic acids is 1. The summed E-state index contributed by atoms with van der Waals surface area (Å²) in [6.45, 7) is 7.46. The second-order valence-corrected chi connectivity index (χ2v) is 8.71. The molecule has 7 nitrogen and oxygen atoms in total. The fourth-order valence-electron chi connectivity index (χ4n) is 3.45. The lowest BCUT2D eigenvalue weighted by Gasteiger charge is -2.32. The molecule has 0 radical (unpaired) electrons. The number of nitrogens with one attached hydrogen (secondary N) is 1. The van der Waals surface area contributed by atoms with Gasteiger partial charge in [-0.2, -0.15) is 4.31 Å². The van der Waals surface area contributed by atoms with Gasteiger partial charge in [-0.1, -0.05) is 13.0 Å². The van der Waals surface area contributed by atoms with Gasteiger partial charge < -0.3 is 15.0 Å². The molecular formula is C18H27N3O4S. The lowest BCUT2D eigenvalue weighted by molar-refractivity contribution is 0.0708. The van der Waals surface area contributed by atoms with Crippen molar-refractivity contribution in [3.8, 4) is 0 Å². The van der Waals surface area contributed by atoms with Crippen molar-refractivity contribution in [2.75, 3.05) is 45.9 Å². The van der Waals surface area contributed by atoms with E-state index in [0.29, 0.717) is 51.4 Å². The highest BCUT2D eigenvalue weighted by molar-refractivity contribution is 7.89. The molecule has 1 aromatic rings. The first-order chi connectivity index (χ1) is 12.4. The van der Waals surface area contributed by atoms with E-state index in [2.05, 4.69) is 5.32 Å². The number of carbonyl (C=O) groups is 1. The summed E-state index contributed by atoms with van der Waals surface area (Å²) in [7, 11) is -3.63. The smallest absolute Gasteiger partial charge is 0.253 e. The molecule has 144 valence electrons. The van der Waals surface area contributed by atoms with Gasteiger partial charge in [0.1, 0.15) is 0 Å². The molecule has 26 heavy (non-hydrogen) atoms. The molecule has 0 spiro atoms. The first-order valence-electron chi connectivity index (χ1n) is 9.17. The number of sulfonamides is 1. The van der Waals surface area contributed by atoms with Crippen LogP contribution in [0.25, 0.3) is 0 Å². The van der Waals surface area contributed by atoms with Crippen LogP contribution in [0.3, 0.4) is 0 Å². The summed E-state index contributed by atoms with van der Waals surface area (Å²) in [4.78, 5) is 14.9. The van der Waals surface area contributed by atoms with Crippen molar-refractivity contribution in [3.63, 3.8) is 0 Å². The second kappa shape index (κ2) is 8.04. The molecule has 1 aromatic carbocycles. The highest BCUT2D eigenvalue weighted by Gasteiger charge is 2.30. The van der Waals surface area contributed by atoms with Gasteiger partial charge in [-0.25, -0.2) is 8.42 Å².